The molecule has 0 atom stereocenters. The lowest BCUT2D eigenvalue weighted by Gasteiger charge is -2.52. The van der Waals surface area contributed by atoms with Crippen molar-refractivity contribution in [2.45, 2.75) is 66.6 Å². The Morgan fingerprint density at radius 2 is 1.33 bits per heavy atom. The van der Waals surface area contributed by atoms with Gasteiger partial charge in [0.2, 0.25) is 0 Å². The Kier molecular flexibility index (Phi) is 5.29. The van der Waals surface area contributed by atoms with Gasteiger partial charge in [0.05, 0.1) is 6.54 Å². The lowest BCUT2D eigenvalue weighted by molar-refractivity contribution is -1.07. The highest BCUT2D eigenvalue weighted by atomic mass is 16.2. The number of carbonyl (C=O) groups excluding carboxylic acids is 1. The summed E-state index contributed by atoms with van der Waals surface area (Å²) in [5, 5.41) is 1.79. The first-order chi connectivity index (χ1) is 6.85. The third kappa shape index (κ3) is 2.33. The van der Waals surface area contributed by atoms with Gasteiger partial charge >= 0.3 is 6.41 Å². The number of nitrogens with zero attached hydrogens (tertiary/aromatic N) is 2. The predicted octanol–water partition coefficient (Wildman–Crippen LogP) is 2.33. The first kappa shape index (κ1) is 14.4. The van der Waals surface area contributed by atoms with Gasteiger partial charge in [-0.2, -0.15) is 5.01 Å². The average Bonchev–Trinajstić information content (AvgIpc) is 2.11. The summed E-state index contributed by atoms with van der Waals surface area (Å²) in [5.74, 6) is 0. The van der Waals surface area contributed by atoms with Gasteiger partial charge in [-0.15, -0.1) is 0 Å². The monoisotopic (exact) mass is 214 g/mol. The van der Waals surface area contributed by atoms with Crippen LogP contribution in [0.4, 0.5) is 0 Å². The molecule has 0 aliphatic heterocycles. The van der Waals surface area contributed by atoms with E-state index < -0.39 is 0 Å². The van der Waals surface area contributed by atoms with Gasteiger partial charge in [0, 0.05) is 0 Å². The minimum Gasteiger partial charge on any atom is -0.258 e. The van der Waals surface area contributed by atoms with Crippen molar-refractivity contribution in [2.75, 3.05) is 6.54 Å². The maximum absolute atomic E-state index is 11.1. The van der Waals surface area contributed by atoms with Gasteiger partial charge in [-0.05, 0) is 48.5 Å². The molecule has 89 valence electrons. The Balaban J connectivity index is 5.39. The summed E-state index contributed by atoms with van der Waals surface area (Å²) in [7, 11) is 0. The van der Waals surface area contributed by atoms with Crippen molar-refractivity contribution in [3.05, 3.63) is 0 Å². The molecule has 0 saturated carbocycles. The van der Waals surface area contributed by atoms with E-state index in [1.54, 1.807) is 5.01 Å². The van der Waals surface area contributed by atoms with E-state index in [4.69, 9.17) is 0 Å². The summed E-state index contributed by atoms with van der Waals surface area (Å²) in [4.78, 5) is 11.1. The van der Waals surface area contributed by atoms with Crippen molar-refractivity contribution in [3.8, 4) is 0 Å². The van der Waals surface area contributed by atoms with Crippen LogP contribution in [-0.2, 0) is 4.79 Å². The summed E-state index contributed by atoms with van der Waals surface area (Å²) in [6.45, 7) is 15.7. The molecule has 1 radical (unpaired) electrons. The molecule has 0 unspecified atom stereocenters. The number of amides is 1. The molecule has 0 spiro atoms. The summed E-state index contributed by atoms with van der Waals surface area (Å²) in [5.41, 5.74) is 0. The second-order valence-electron chi connectivity index (χ2n) is 4.88. The number of rotatable bonds is 6. The van der Waals surface area contributed by atoms with Crippen LogP contribution in [0.15, 0.2) is 0 Å². The molecule has 0 fully saturated rings. The molecule has 0 aromatic carbocycles. The molecule has 0 N–H and O–H groups in total. The summed E-state index contributed by atoms with van der Waals surface area (Å²) >= 11 is 0. The molecule has 0 aliphatic carbocycles. The summed E-state index contributed by atoms with van der Waals surface area (Å²) in [6, 6.07) is 1.14. The fraction of sp³-hybridized carbons (Fsp3) is 0.917. The predicted molar refractivity (Wildman–Crippen MR) is 63.7 cm³/mol. The van der Waals surface area contributed by atoms with Crippen LogP contribution < -0.4 is 0 Å². The Labute approximate surface area is 94.6 Å². The van der Waals surface area contributed by atoms with Crippen molar-refractivity contribution in [1.29, 1.82) is 0 Å². The van der Waals surface area contributed by atoms with E-state index in [0.717, 1.165) is 0 Å². The molecule has 1 amide bonds. The number of quaternary nitrogens is 1. The van der Waals surface area contributed by atoms with Crippen LogP contribution in [0.3, 0.4) is 0 Å². The maximum Gasteiger partial charge on any atom is 0.361 e. The fourth-order valence-corrected chi connectivity index (χ4v) is 3.01. The van der Waals surface area contributed by atoms with Gasteiger partial charge in [0.25, 0.3) is 0 Å². The van der Waals surface area contributed by atoms with Crippen molar-refractivity contribution in [3.63, 3.8) is 0 Å². The Morgan fingerprint density at radius 3 is 1.40 bits per heavy atom. The van der Waals surface area contributed by atoms with E-state index in [-0.39, 0.29) is 0 Å². The summed E-state index contributed by atoms with van der Waals surface area (Å²) in [6.07, 6.45) is 2.09. The van der Waals surface area contributed by atoms with Gasteiger partial charge in [0.15, 0.2) is 0 Å². The van der Waals surface area contributed by atoms with Crippen molar-refractivity contribution < 1.29 is 9.39 Å². The smallest absolute Gasteiger partial charge is 0.258 e. The zero-order valence-corrected chi connectivity index (χ0v) is 11.2. The largest absolute Gasteiger partial charge is 0.361 e. The molecule has 0 rings (SSSR count). The van der Waals surface area contributed by atoms with Gasteiger partial charge in [-0.1, -0.05) is 0 Å². The third-order valence-corrected chi connectivity index (χ3v) is 3.30. The van der Waals surface area contributed by atoms with Gasteiger partial charge in [-0.25, -0.2) is 4.59 Å². The highest BCUT2D eigenvalue weighted by Gasteiger charge is 2.43. The van der Waals surface area contributed by atoms with Crippen molar-refractivity contribution in [2.24, 2.45) is 0 Å². The SMILES string of the molecule is CCN([C]=O)[N+](C(C)C)(C(C)C)C(C)C. The Morgan fingerprint density at radius 1 is 1.00 bits per heavy atom. The normalized spacial score (nSPS) is 12.7. The Hall–Kier alpha value is -0.570. The van der Waals surface area contributed by atoms with Gasteiger partial charge in [-0.3, -0.25) is 4.79 Å². The van der Waals surface area contributed by atoms with E-state index in [0.29, 0.717) is 29.3 Å². The Bertz CT molecular complexity index is 178. The van der Waals surface area contributed by atoms with Crippen LogP contribution in [-0.4, -0.2) is 40.7 Å². The molecule has 0 aliphatic rings. The lowest BCUT2D eigenvalue weighted by Crippen LogP contribution is -2.70. The molecule has 15 heavy (non-hydrogen) atoms. The first-order valence-corrected chi connectivity index (χ1v) is 5.89. The maximum atomic E-state index is 11.1. The van der Waals surface area contributed by atoms with Crippen LogP contribution in [0.2, 0.25) is 0 Å². The van der Waals surface area contributed by atoms with Crippen LogP contribution in [0.1, 0.15) is 48.5 Å². The topological polar surface area (TPSA) is 20.3 Å². The first-order valence-electron chi connectivity index (χ1n) is 5.89. The second-order valence-corrected chi connectivity index (χ2v) is 4.88. The van der Waals surface area contributed by atoms with Crippen LogP contribution in [0.25, 0.3) is 0 Å². The molecule has 3 nitrogen and oxygen atoms in total. The molecule has 3 heteroatoms. The third-order valence-electron chi connectivity index (χ3n) is 3.30. The zero-order chi connectivity index (χ0) is 12.2. The van der Waals surface area contributed by atoms with E-state index in [1.807, 2.05) is 6.92 Å². The van der Waals surface area contributed by atoms with Gasteiger partial charge in [0.1, 0.15) is 18.1 Å². The molecule has 0 aromatic heterocycles. The highest BCUT2D eigenvalue weighted by Crippen LogP contribution is 2.26. The average molecular weight is 214 g/mol. The van der Waals surface area contributed by atoms with Gasteiger partial charge < -0.3 is 0 Å². The summed E-state index contributed by atoms with van der Waals surface area (Å²) < 4.78 is 0.681. The standard InChI is InChI=1S/C12H26N2O/c1-8-13(9-15)14(10(2)3,11(4)5)12(6)7/h10-12H,8H2,1-7H3/q+1. The van der Waals surface area contributed by atoms with E-state index in [2.05, 4.69) is 48.0 Å². The molecule has 0 aromatic rings. The second kappa shape index (κ2) is 5.50. The highest BCUT2D eigenvalue weighted by molar-refractivity contribution is 5.46. The molecule has 0 saturated heterocycles. The zero-order valence-electron chi connectivity index (χ0n) is 11.2. The van der Waals surface area contributed by atoms with Crippen molar-refractivity contribution in [1.82, 2.24) is 5.01 Å². The van der Waals surface area contributed by atoms with Crippen LogP contribution in [0, 0.1) is 0 Å². The molecule has 0 bridgehead atoms. The van der Waals surface area contributed by atoms with E-state index in [9.17, 15) is 4.79 Å². The molecule has 0 heterocycles. The van der Waals surface area contributed by atoms with E-state index in [1.165, 1.54) is 0 Å². The molecular formula is C12H26N2O+. The van der Waals surface area contributed by atoms with Crippen molar-refractivity contribution >= 4 is 6.41 Å². The number of hydrogen-bond donors (Lipinski definition) is 0. The fourth-order valence-electron chi connectivity index (χ4n) is 3.01. The minimum atomic E-state index is 0.381. The van der Waals surface area contributed by atoms with Crippen LogP contribution >= 0.6 is 0 Å². The minimum absolute atomic E-state index is 0.381. The molecular weight excluding hydrogens is 188 g/mol. The van der Waals surface area contributed by atoms with E-state index >= 15 is 0 Å². The quantitative estimate of drug-likeness (QED) is 0.377. The van der Waals surface area contributed by atoms with Crippen LogP contribution in [0.5, 0.6) is 0 Å². The number of hydrogen-bond acceptors (Lipinski definition) is 1. The lowest BCUT2D eigenvalue weighted by atomic mass is 10.1.